The Morgan fingerprint density at radius 2 is 2.33 bits per heavy atom. The standard InChI is InChI=1S/C12H9FN2O3/c1-12(11(16)17)5-10(15-18-12)7-2-3-9(13)8(4-7)6-14/h2-5,15H,1H3,(H,16,17). The fourth-order valence-electron chi connectivity index (χ4n) is 1.52. The number of hydroxylamine groups is 1. The number of hydrogen-bond acceptors (Lipinski definition) is 4. The quantitative estimate of drug-likeness (QED) is 0.827. The lowest BCUT2D eigenvalue weighted by atomic mass is 10.0. The van der Waals surface area contributed by atoms with Gasteiger partial charge in [0, 0.05) is 5.56 Å². The lowest BCUT2D eigenvalue weighted by molar-refractivity contribution is -0.159. The van der Waals surface area contributed by atoms with E-state index in [1.54, 1.807) is 6.07 Å². The molecule has 18 heavy (non-hydrogen) atoms. The van der Waals surface area contributed by atoms with E-state index in [9.17, 15) is 9.18 Å². The summed E-state index contributed by atoms with van der Waals surface area (Å²) in [5.41, 5.74) is 1.75. The molecule has 2 rings (SSSR count). The predicted octanol–water partition coefficient (Wildman–Crippen LogP) is 1.42. The molecule has 1 aliphatic rings. The van der Waals surface area contributed by atoms with Crippen molar-refractivity contribution in [1.29, 1.82) is 5.26 Å². The summed E-state index contributed by atoms with van der Waals surface area (Å²) in [6.07, 6.45) is 1.36. The number of carboxylic acid groups (broad SMARTS) is 1. The van der Waals surface area contributed by atoms with Gasteiger partial charge in [-0.2, -0.15) is 5.26 Å². The van der Waals surface area contributed by atoms with Crippen LogP contribution in [0, 0.1) is 17.1 Å². The van der Waals surface area contributed by atoms with Crippen LogP contribution in [0.4, 0.5) is 4.39 Å². The maximum atomic E-state index is 13.1. The number of halogens is 1. The highest BCUT2D eigenvalue weighted by molar-refractivity contribution is 5.84. The number of carbonyl (C=O) groups is 1. The Morgan fingerprint density at radius 3 is 2.89 bits per heavy atom. The summed E-state index contributed by atoms with van der Waals surface area (Å²) in [7, 11) is 0. The maximum absolute atomic E-state index is 13.1. The molecular weight excluding hydrogens is 239 g/mol. The third kappa shape index (κ3) is 1.92. The van der Waals surface area contributed by atoms with Crippen LogP contribution in [0.1, 0.15) is 18.1 Å². The Bertz CT molecular complexity index is 591. The van der Waals surface area contributed by atoms with Crippen molar-refractivity contribution in [3.63, 3.8) is 0 Å². The molecule has 0 spiro atoms. The van der Waals surface area contributed by atoms with E-state index in [1.165, 1.54) is 25.1 Å². The van der Waals surface area contributed by atoms with Crippen molar-refractivity contribution >= 4 is 11.7 Å². The van der Waals surface area contributed by atoms with Gasteiger partial charge in [-0.1, -0.05) is 0 Å². The average molecular weight is 248 g/mol. The number of benzene rings is 1. The van der Waals surface area contributed by atoms with Gasteiger partial charge in [-0.3, -0.25) is 10.3 Å². The molecular formula is C12H9FN2O3. The highest BCUT2D eigenvalue weighted by Gasteiger charge is 2.38. The van der Waals surface area contributed by atoms with E-state index in [4.69, 9.17) is 15.2 Å². The zero-order valence-electron chi connectivity index (χ0n) is 9.40. The number of nitrogens with one attached hydrogen (secondary N) is 1. The van der Waals surface area contributed by atoms with Crippen LogP contribution in [-0.4, -0.2) is 16.7 Å². The second kappa shape index (κ2) is 4.13. The third-order valence-corrected chi connectivity index (χ3v) is 2.62. The molecule has 1 heterocycles. The number of hydrogen-bond donors (Lipinski definition) is 2. The van der Waals surface area contributed by atoms with E-state index in [1.807, 2.05) is 0 Å². The van der Waals surface area contributed by atoms with Crippen molar-refractivity contribution in [2.45, 2.75) is 12.5 Å². The van der Waals surface area contributed by atoms with Gasteiger partial charge in [0.25, 0.3) is 0 Å². The highest BCUT2D eigenvalue weighted by atomic mass is 19.1. The van der Waals surface area contributed by atoms with Gasteiger partial charge in [0.2, 0.25) is 5.60 Å². The number of nitrogens with zero attached hydrogens (tertiary/aromatic N) is 1. The van der Waals surface area contributed by atoms with E-state index in [-0.39, 0.29) is 5.56 Å². The lowest BCUT2D eigenvalue weighted by Crippen LogP contribution is -2.35. The molecule has 1 unspecified atom stereocenters. The fourth-order valence-corrected chi connectivity index (χ4v) is 1.52. The van der Waals surface area contributed by atoms with Crippen LogP contribution in [0.25, 0.3) is 5.70 Å². The average Bonchev–Trinajstić information content (AvgIpc) is 2.74. The number of nitriles is 1. The van der Waals surface area contributed by atoms with Gasteiger partial charge in [-0.15, -0.1) is 0 Å². The predicted molar refractivity (Wildman–Crippen MR) is 59.4 cm³/mol. The highest BCUT2D eigenvalue weighted by Crippen LogP contribution is 2.26. The third-order valence-electron chi connectivity index (χ3n) is 2.62. The first kappa shape index (κ1) is 12.1. The van der Waals surface area contributed by atoms with Crippen molar-refractivity contribution in [2.75, 3.05) is 0 Å². The van der Waals surface area contributed by atoms with Crippen molar-refractivity contribution in [2.24, 2.45) is 0 Å². The Labute approximate surface area is 102 Å². The second-order valence-corrected chi connectivity index (χ2v) is 3.98. The van der Waals surface area contributed by atoms with Crippen molar-refractivity contribution < 1.29 is 19.1 Å². The largest absolute Gasteiger partial charge is 0.479 e. The fraction of sp³-hybridized carbons (Fsp3) is 0.167. The Kier molecular flexibility index (Phi) is 2.77. The molecule has 1 aliphatic heterocycles. The molecule has 0 saturated heterocycles. The van der Waals surface area contributed by atoms with Gasteiger partial charge in [0.1, 0.15) is 11.9 Å². The molecule has 0 fully saturated rings. The Hall–Kier alpha value is -2.39. The summed E-state index contributed by atoms with van der Waals surface area (Å²) in [6.45, 7) is 1.38. The molecule has 5 nitrogen and oxygen atoms in total. The van der Waals surface area contributed by atoms with E-state index in [2.05, 4.69) is 5.48 Å². The maximum Gasteiger partial charge on any atom is 0.342 e. The number of aliphatic carboxylic acids is 1. The molecule has 0 aromatic heterocycles. The number of carboxylic acids is 1. The zero-order chi connectivity index (χ0) is 13.3. The van der Waals surface area contributed by atoms with Gasteiger partial charge in [0.15, 0.2) is 0 Å². The summed E-state index contributed by atoms with van der Waals surface area (Å²) in [5, 5.41) is 17.7. The van der Waals surface area contributed by atoms with E-state index >= 15 is 0 Å². The normalized spacial score (nSPS) is 21.9. The Balaban J connectivity index is 2.40. The minimum absolute atomic E-state index is 0.112. The SMILES string of the molecule is CC1(C(=O)O)C=C(c2ccc(F)c(C#N)c2)NO1. The summed E-state index contributed by atoms with van der Waals surface area (Å²) in [4.78, 5) is 15.9. The Morgan fingerprint density at radius 1 is 1.61 bits per heavy atom. The van der Waals surface area contributed by atoms with Gasteiger partial charge >= 0.3 is 5.97 Å². The molecule has 1 atom stereocenters. The first-order valence-corrected chi connectivity index (χ1v) is 5.06. The molecule has 1 aromatic rings. The van der Waals surface area contributed by atoms with E-state index in [0.29, 0.717) is 11.3 Å². The van der Waals surface area contributed by atoms with E-state index in [0.717, 1.165) is 6.07 Å². The molecule has 0 saturated carbocycles. The van der Waals surface area contributed by atoms with Crippen LogP contribution in [0.5, 0.6) is 0 Å². The minimum atomic E-state index is -1.48. The van der Waals surface area contributed by atoms with Crippen LogP contribution in [0.15, 0.2) is 24.3 Å². The van der Waals surface area contributed by atoms with Crippen molar-refractivity contribution in [3.8, 4) is 6.07 Å². The molecule has 0 amide bonds. The topological polar surface area (TPSA) is 82.3 Å². The van der Waals surface area contributed by atoms with Gasteiger partial charge in [-0.05, 0) is 31.2 Å². The summed E-state index contributed by atoms with van der Waals surface area (Å²) in [6, 6.07) is 5.62. The van der Waals surface area contributed by atoms with Crippen molar-refractivity contribution in [3.05, 3.63) is 41.2 Å². The molecule has 0 aliphatic carbocycles. The number of rotatable bonds is 2. The van der Waals surface area contributed by atoms with Crippen LogP contribution >= 0.6 is 0 Å². The molecule has 1 aromatic carbocycles. The van der Waals surface area contributed by atoms with E-state index < -0.39 is 17.4 Å². The van der Waals surface area contributed by atoms with Crippen LogP contribution in [0.2, 0.25) is 0 Å². The molecule has 0 radical (unpaired) electrons. The van der Waals surface area contributed by atoms with Crippen LogP contribution in [0.3, 0.4) is 0 Å². The molecule has 2 N–H and O–H groups in total. The molecule has 0 bridgehead atoms. The summed E-state index contributed by atoms with van der Waals surface area (Å²) in [5.74, 6) is -1.77. The monoisotopic (exact) mass is 248 g/mol. The second-order valence-electron chi connectivity index (χ2n) is 3.98. The van der Waals surface area contributed by atoms with Gasteiger partial charge < -0.3 is 5.11 Å². The molecule has 6 heteroatoms. The molecule has 92 valence electrons. The first-order chi connectivity index (χ1) is 8.46. The zero-order valence-corrected chi connectivity index (χ0v) is 9.40. The lowest BCUT2D eigenvalue weighted by Gasteiger charge is -2.12. The van der Waals surface area contributed by atoms with Crippen molar-refractivity contribution in [1.82, 2.24) is 5.48 Å². The van der Waals surface area contributed by atoms with Crippen LogP contribution in [-0.2, 0) is 9.63 Å². The smallest absolute Gasteiger partial charge is 0.342 e. The first-order valence-electron chi connectivity index (χ1n) is 5.06. The van der Waals surface area contributed by atoms with Crippen LogP contribution < -0.4 is 5.48 Å². The summed E-state index contributed by atoms with van der Waals surface area (Å²) >= 11 is 0. The van der Waals surface area contributed by atoms with Gasteiger partial charge in [0.05, 0.1) is 11.3 Å². The summed E-state index contributed by atoms with van der Waals surface area (Å²) < 4.78 is 13.1. The van der Waals surface area contributed by atoms with Gasteiger partial charge in [-0.25, -0.2) is 9.18 Å². The minimum Gasteiger partial charge on any atom is -0.479 e.